The molecule has 0 aliphatic carbocycles. The first kappa shape index (κ1) is 16.4. The second-order valence-corrected chi connectivity index (χ2v) is 7.72. The van der Waals surface area contributed by atoms with E-state index in [2.05, 4.69) is 10.6 Å². The highest BCUT2D eigenvalue weighted by Gasteiger charge is 2.44. The Hall–Kier alpha value is -1.50. The molecule has 3 fully saturated rings. The minimum Gasteiger partial charge on any atom is -0.444 e. The van der Waals surface area contributed by atoms with Crippen LogP contribution in [0.1, 0.15) is 40.0 Å². The molecular formula is C16H28N4O3. The lowest BCUT2D eigenvalue weighted by Gasteiger charge is -2.40. The second kappa shape index (κ2) is 6.19. The number of rotatable bonds is 1. The summed E-state index contributed by atoms with van der Waals surface area (Å²) in [5.41, 5.74) is -0.467. The van der Waals surface area contributed by atoms with E-state index in [-0.39, 0.29) is 24.2 Å². The van der Waals surface area contributed by atoms with Gasteiger partial charge in [0.05, 0.1) is 12.1 Å². The largest absolute Gasteiger partial charge is 0.444 e. The average molecular weight is 324 g/mol. The van der Waals surface area contributed by atoms with Crippen molar-refractivity contribution in [3.8, 4) is 0 Å². The molecule has 0 radical (unpaired) electrons. The third-order valence-corrected chi connectivity index (χ3v) is 4.86. The number of hydrogen-bond acceptors (Lipinski definition) is 4. The molecule has 2 atom stereocenters. The van der Waals surface area contributed by atoms with Gasteiger partial charge in [-0.2, -0.15) is 0 Å². The molecule has 3 aliphatic heterocycles. The normalized spacial score (nSPS) is 29.3. The van der Waals surface area contributed by atoms with E-state index in [1.165, 1.54) is 0 Å². The van der Waals surface area contributed by atoms with Gasteiger partial charge in [0.2, 0.25) is 0 Å². The van der Waals surface area contributed by atoms with E-state index in [4.69, 9.17) is 4.74 Å². The van der Waals surface area contributed by atoms with E-state index >= 15 is 0 Å². The van der Waals surface area contributed by atoms with Gasteiger partial charge in [0.25, 0.3) is 0 Å². The topological polar surface area (TPSA) is 73.9 Å². The van der Waals surface area contributed by atoms with Gasteiger partial charge in [0.15, 0.2) is 0 Å². The van der Waals surface area contributed by atoms with Crippen LogP contribution in [0.4, 0.5) is 9.59 Å². The lowest BCUT2D eigenvalue weighted by atomic mass is 9.97. The summed E-state index contributed by atoms with van der Waals surface area (Å²) in [7, 11) is 0. The predicted molar refractivity (Wildman–Crippen MR) is 86.3 cm³/mol. The van der Waals surface area contributed by atoms with Crippen molar-refractivity contribution in [3.63, 3.8) is 0 Å². The van der Waals surface area contributed by atoms with Crippen molar-refractivity contribution in [2.45, 2.75) is 63.8 Å². The highest BCUT2D eigenvalue weighted by atomic mass is 16.6. The van der Waals surface area contributed by atoms with E-state index in [1.807, 2.05) is 25.7 Å². The van der Waals surface area contributed by atoms with E-state index in [1.54, 1.807) is 4.90 Å². The maximum atomic E-state index is 12.3. The molecule has 0 spiro atoms. The summed E-state index contributed by atoms with van der Waals surface area (Å²) < 4.78 is 5.43. The number of fused-ring (bicyclic) bond motifs is 1. The number of urea groups is 1. The maximum absolute atomic E-state index is 12.3. The van der Waals surface area contributed by atoms with Crippen LogP contribution < -0.4 is 10.6 Å². The summed E-state index contributed by atoms with van der Waals surface area (Å²) in [4.78, 5) is 28.3. The molecule has 0 saturated carbocycles. The molecule has 0 aromatic carbocycles. The van der Waals surface area contributed by atoms with Crippen molar-refractivity contribution in [2.75, 3.05) is 26.2 Å². The Bertz CT molecular complexity index is 468. The summed E-state index contributed by atoms with van der Waals surface area (Å²) in [5.74, 6) is 0. The standard InChI is InChI=1S/C16H28N4O3/c1-16(2,3)23-15(22)19-8-5-11(6-9-19)20-13-4-7-17-10-12(13)18-14(20)21/h11-13,17H,4-10H2,1-3H3,(H,18,21). The van der Waals surface area contributed by atoms with Crippen molar-refractivity contribution in [1.82, 2.24) is 20.4 Å². The highest BCUT2D eigenvalue weighted by molar-refractivity contribution is 5.78. The monoisotopic (exact) mass is 324 g/mol. The van der Waals surface area contributed by atoms with Gasteiger partial charge in [-0.1, -0.05) is 0 Å². The summed E-state index contributed by atoms with van der Waals surface area (Å²) in [6.45, 7) is 8.75. The van der Waals surface area contributed by atoms with Crippen LogP contribution in [0.3, 0.4) is 0 Å². The molecule has 0 bridgehead atoms. The van der Waals surface area contributed by atoms with Crippen molar-refractivity contribution in [1.29, 1.82) is 0 Å². The Morgan fingerprint density at radius 1 is 1.22 bits per heavy atom. The molecule has 130 valence electrons. The molecular weight excluding hydrogens is 296 g/mol. The van der Waals surface area contributed by atoms with E-state index < -0.39 is 5.60 Å². The molecule has 7 heteroatoms. The summed E-state index contributed by atoms with van der Waals surface area (Å²) in [6.07, 6.45) is 2.39. The number of nitrogens with zero attached hydrogens (tertiary/aromatic N) is 2. The zero-order valence-electron chi connectivity index (χ0n) is 14.3. The molecule has 0 aromatic heterocycles. The molecule has 2 N–H and O–H groups in total. The van der Waals surface area contributed by atoms with Crippen LogP contribution in [0.15, 0.2) is 0 Å². The van der Waals surface area contributed by atoms with Gasteiger partial charge < -0.3 is 25.2 Å². The fraction of sp³-hybridized carbons (Fsp3) is 0.875. The molecule has 3 rings (SSSR count). The first-order chi connectivity index (χ1) is 10.8. The van der Waals surface area contributed by atoms with Gasteiger partial charge in [-0.05, 0) is 46.6 Å². The van der Waals surface area contributed by atoms with Crippen LogP contribution in [-0.4, -0.2) is 71.8 Å². The number of piperidine rings is 2. The van der Waals surface area contributed by atoms with Gasteiger partial charge in [0.1, 0.15) is 5.60 Å². The SMILES string of the molecule is CC(C)(C)OC(=O)N1CCC(N2C(=O)NC3CNCCC32)CC1. The van der Waals surface area contributed by atoms with Gasteiger partial charge in [-0.25, -0.2) is 9.59 Å². The summed E-state index contributed by atoms with van der Waals surface area (Å²) >= 11 is 0. The number of ether oxygens (including phenoxy) is 1. The fourth-order valence-corrected chi connectivity index (χ4v) is 3.80. The summed E-state index contributed by atoms with van der Waals surface area (Å²) in [6, 6.07) is 0.795. The van der Waals surface area contributed by atoms with E-state index in [0.29, 0.717) is 19.1 Å². The molecule has 23 heavy (non-hydrogen) atoms. The van der Waals surface area contributed by atoms with Crippen LogP contribution in [-0.2, 0) is 4.74 Å². The van der Waals surface area contributed by atoms with Crippen molar-refractivity contribution >= 4 is 12.1 Å². The molecule has 3 saturated heterocycles. The van der Waals surface area contributed by atoms with Crippen molar-refractivity contribution < 1.29 is 14.3 Å². The van der Waals surface area contributed by atoms with Gasteiger partial charge in [0, 0.05) is 25.7 Å². The first-order valence-electron chi connectivity index (χ1n) is 8.62. The van der Waals surface area contributed by atoms with Crippen LogP contribution in [0.25, 0.3) is 0 Å². The van der Waals surface area contributed by atoms with Crippen molar-refractivity contribution in [2.24, 2.45) is 0 Å². The minimum absolute atomic E-state index is 0.0550. The van der Waals surface area contributed by atoms with Crippen LogP contribution in [0.5, 0.6) is 0 Å². The summed E-state index contributed by atoms with van der Waals surface area (Å²) in [5, 5.41) is 6.42. The third kappa shape index (κ3) is 3.54. The first-order valence-corrected chi connectivity index (χ1v) is 8.62. The fourth-order valence-electron chi connectivity index (χ4n) is 3.80. The number of amides is 3. The average Bonchev–Trinajstić information content (AvgIpc) is 2.81. The molecule has 2 unspecified atom stereocenters. The molecule has 0 aromatic rings. The van der Waals surface area contributed by atoms with E-state index in [9.17, 15) is 9.59 Å². The van der Waals surface area contributed by atoms with Gasteiger partial charge >= 0.3 is 12.1 Å². The third-order valence-electron chi connectivity index (χ3n) is 4.86. The number of carbonyl (C=O) groups is 2. The molecule has 7 nitrogen and oxygen atoms in total. The Balaban J connectivity index is 1.56. The number of hydrogen-bond donors (Lipinski definition) is 2. The Labute approximate surface area is 137 Å². The number of nitrogens with one attached hydrogen (secondary N) is 2. The van der Waals surface area contributed by atoms with Gasteiger partial charge in [-0.3, -0.25) is 0 Å². The van der Waals surface area contributed by atoms with Crippen LogP contribution >= 0.6 is 0 Å². The Morgan fingerprint density at radius 2 is 1.91 bits per heavy atom. The maximum Gasteiger partial charge on any atom is 0.410 e. The zero-order chi connectivity index (χ0) is 16.6. The van der Waals surface area contributed by atoms with Crippen LogP contribution in [0, 0.1) is 0 Å². The predicted octanol–water partition coefficient (Wildman–Crippen LogP) is 1.14. The molecule has 3 heterocycles. The quantitative estimate of drug-likeness (QED) is 0.759. The van der Waals surface area contributed by atoms with Crippen LogP contribution in [0.2, 0.25) is 0 Å². The number of likely N-dealkylation sites (tertiary alicyclic amines) is 1. The number of carbonyl (C=O) groups excluding carboxylic acids is 2. The Morgan fingerprint density at radius 3 is 2.57 bits per heavy atom. The molecule has 3 amide bonds. The smallest absolute Gasteiger partial charge is 0.410 e. The lowest BCUT2D eigenvalue weighted by Crippen LogP contribution is -2.54. The minimum atomic E-state index is -0.467. The second-order valence-electron chi connectivity index (χ2n) is 7.72. The van der Waals surface area contributed by atoms with Gasteiger partial charge in [-0.15, -0.1) is 0 Å². The van der Waals surface area contributed by atoms with Crippen molar-refractivity contribution in [3.05, 3.63) is 0 Å². The Kier molecular flexibility index (Phi) is 4.40. The van der Waals surface area contributed by atoms with E-state index in [0.717, 1.165) is 32.4 Å². The molecule has 3 aliphatic rings. The lowest BCUT2D eigenvalue weighted by molar-refractivity contribution is 0.0152. The highest BCUT2D eigenvalue weighted by Crippen LogP contribution is 2.27. The zero-order valence-corrected chi connectivity index (χ0v) is 14.3.